The first-order valence-corrected chi connectivity index (χ1v) is 7.92. The van der Waals surface area contributed by atoms with Gasteiger partial charge in [0.1, 0.15) is 5.69 Å². The molecule has 1 saturated carbocycles. The van der Waals surface area contributed by atoms with E-state index in [9.17, 15) is 4.79 Å². The van der Waals surface area contributed by atoms with Crippen LogP contribution in [-0.2, 0) is 0 Å². The summed E-state index contributed by atoms with van der Waals surface area (Å²) in [6.45, 7) is 2.75. The highest BCUT2D eigenvalue weighted by Crippen LogP contribution is 2.37. The fraction of sp³-hybridized carbons (Fsp3) is 0.471. The van der Waals surface area contributed by atoms with E-state index in [4.69, 9.17) is 5.73 Å². The van der Waals surface area contributed by atoms with Gasteiger partial charge in [-0.25, -0.2) is 9.97 Å². The molecule has 2 aromatic rings. The summed E-state index contributed by atoms with van der Waals surface area (Å²) in [5, 5.41) is 0.812. The molecule has 1 aromatic carbocycles. The summed E-state index contributed by atoms with van der Waals surface area (Å²) in [6, 6.07) is 6.13. The van der Waals surface area contributed by atoms with Crippen LogP contribution in [-0.4, -0.2) is 34.4 Å². The smallest absolute Gasteiger partial charge is 0.273 e. The Labute approximate surface area is 130 Å². The van der Waals surface area contributed by atoms with Crippen LogP contribution in [0.25, 0.3) is 10.9 Å². The Balaban J connectivity index is 2.08. The molecule has 1 amide bonds. The van der Waals surface area contributed by atoms with Gasteiger partial charge in [-0.15, -0.1) is 0 Å². The number of nitrogen functional groups attached to an aromatic ring is 1. The Morgan fingerprint density at radius 1 is 1.36 bits per heavy atom. The maximum absolute atomic E-state index is 12.6. The van der Waals surface area contributed by atoms with Gasteiger partial charge in [-0.2, -0.15) is 0 Å². The molecule has 0 atom stereocenters. The van der Waals surface area contributed by atoms with Crippen LogP contribution in [0.5, 0.6) is 0 Å². The van der Waals surface area contributed by atoms with Crippen molar-refractivity contribution in [1.82, 2.24) is 14.9 Å². The van der Waals surface area contributed by atoms with Gasteiger partial charge in [0.2, 0.25) is 5.95 Å². The van der Waals surface area contributed by atoms with E-state index in [2.05, 4.69) is 22.1 Å². The van der Waals surface area contributed by atoms with Crippen LogP contribution in [0.2, 0.25) is 0 Å². The standard InChI is InChI=1S/C17H22N4O/c1-3-9-21(2)16(22)15-13-10-12(11-5-4-6-11)7-8-14(13)19-17(18)20-15/h7-8,10-11H,3-6,9H2,1-2H3,(H2,18,19,20). The number of carbonyl (C=O) groups is 1. The molecule has 1 fully saturated rings. The molecule has 0 bridgehead atoms. The summed E-state index contributed by atoms with van der Waals surface area (Å²) in [5.74, 6) is 0.669. The molecule has 5 heteroatoms. The number of nitrogens with two attached hydrogens (primary N) is 1. The average Bonchev–Trinajstić information content (AvgIpc) is 2.44. The highest BCUT2D eigenvalue weighted by atomic mass is 16.2. The molecule has 0 spiro atoms. The lowest BCUT2D eigenvalue weighted by Gasteiger charge is -2.26. The molecule has 1 aliphatic carbocycles. The maximum atomic E-state index is 12.6. The second kappa shape index (κ2) is 5.91. The molecule has 3 rings (SSSR count). The van der Waals surface area contributed by atoms with Crippen molar-refractivity contribution < 1.29 is 4.79 Å². The number of rotatable bonds is 4. The van der Waals surface area contributed by atoms with E-state index in [1.807, 2.05) is 13.0 Å². The second-order valence-electron chi connectivity index (χ2n) is 6.06. The number of anilines is 1. The number of nitrogens with zero attached hydrogens (tertiary/aromatic N) is 3. The van der Waals surface area contributed by atoms with Crippen molar-refractivity contribution >= 4 is 22.8 Å². The topological polar surface area (TPSA) is 72.1 Å². The van der Waals surface area contributed by atoms with Crippen LogP contribution in [0.3, 0.4) is 0 Å². The van der Waals surface area contributed by atoms with Crippen LogP contribution in [0.15, 0.2) is 18.2 Å². The Morgan fingerprint density at radius 3 is 2.77 bits per heavy atom. The van der Waals surface area contributed by atoms with Gasteiger partial charge in [-0.1, -0.05) is 19.4 Å². The van der Waals surface area contributed by atoms with Gasteiger partial charge in [-0.3, -0.25) is 4.79 Å². The molecule has 1 heterocycles. The van der Waals surface area contributed by atoms with Crippen molar-refractivity contribution in [2.75, 3.05) is 19.3 Å². The van der Waals surface area contributed by atoms with Crippen LogP contribution < -0.4 is 5.73 Å². The fourth-order valence-corrected chi connectivity index (χ4v) is 2.94. The number of hydrogen-bond donors (Lipinski definition) is 1. The molecule has 1 aromatic heterocycles. The van der Waals surface area contributed by atoms with Gasteiger partial charge in [0, 0.05) is 19.0 Å². The van der Waals surface area contributed by atoms with Crippen LogP contribution >= 0.6 is 0 Å². The SMILES string of the molecule is CCCN(C)C(=O)c1nc(N)nc2ccc(C3CCC3)cc12. The van der Waals surface area contributed by atoms with Gasteiger partial charge >= 0.3 is 0 Å². The van der Waals surface area contributed by atoms with E-state index in [0.717, 1.165) is 17.3 Å². The minimum absolute atomic E-state index is 0.0910. The zero-order valence-electron chi connectivity index (χ0n) is 13.2. The lowest BCUT2D eigenvalue weighted by molar-refractivity contribution is 0.0791. The summed E-state index contributed by atoms with van der Waals surface area (Å²) in [6.07, 6.45) is 4.64. The third kappa shape index (κ3) is 2.63. The van der Waals surface area contributed by atoms with E-state index in [-0.39, 0.29) is 11.9 Å². The van der Waals surface area contributed by atoms with Gasteiger partial charge in [0.25, 0.3) is 5.91 Å². The zero-order valence-corrected chi connectivity index (χ0v) is 13.2. The fourth-order valence-electron chi connectivity index (χ4n) is 2.94. The number of carbonyl (C=O) groups excluding carboxylic acids is 1. The quantitative estimate of drug-likeness (QED) is 0.942. The third-order valence-corrected chi connectivity index (χ3v) is 4.42. The Bertz CT molecular complexity index is 709. The van der Waals surface area contributed by atoms with Crippen molar-refractivity contribution in [3.8, 4) is 0 Å². The van der Waals surface area contributed by atoms with Crippen molar-refractivity contribution in [3.05, 3.63) is 29.5 Å². The molecule has 0 radical (unpaired) electrons. The van der Waals surface area contributed by atoms with Crippen LogP contribution in [0, 0.1) is 0 Å². The first kappa shape index (κ1) is 14.8. The number of amides is 1. The number of hydrogen-bond acceptors (Lipinski definition) is 4. The minimum Gasteiger partial charge on any atom is -0.368 e. The number of benzene rings is 1. The van der Waals surface area contributed by atoms with Crippen molar-refractivity contribution in [2.45, 2.75) is 38.5 Å². The molecule has 1 aliphatic rings. The molecule has 0 saturated heterocycles. The lowest BCUT2D eigenvalue weighted by Crippen LogP contribution is -2.28. The Hall–Kier alpha value is -2.17. The molecule has 0 unspecified atom stereocenters. The zero-order chi connectivity index (χ0) is 15.7. The second-order valence-corrected chi connectivity index (χ2v) is 6.06. The van der Waals surface area contributed by atoms with E-state index in [0.29, 0.717) is 18.2 Å². The van der Waals surface area contributed by atoms with Gasteiger partial charge in [0.15, 0.2) is 0 Å². The summed E-state index contributed by atoms with van der Waals surface area (Å²) < 4.78 is 0. The van der Waals surface area contributed by atoms with E-state index < -0.39 is 0 Å². The monoisotopic (exact) mass is 298 g/mol. The highest BCUT2D eigenvalue weighted by Gasteiger charge is 2.22. The predicted octanol–water partition coefficient (Wildman–Crippen LogP) is 2.96. The highest BCUT2D eigenvalue weighted by molar-refractivity contribution is 6.04. The van der Waals surface area contributed by atoms with Gasteiger partial charge < -0.3 is 10.6 Å². The lowest BCUT2D eigenvalue weighted by atomic mass is 9.80. The van der Waals surface area contributed by atoms with E-state index in [1.165, 1.54) is 24.8 Å². The molecule has 22 heavy (non-hydrogen) atoms. The first-order chi connectivity index (χ1) is 10.6. The van der Waals surface area contributed by atoms with Crippen molar-refractivity contribution in [3.63, 3.8) is 0 Å². The minimum atomic E-state index is -0.0910. The Morgan fingerprint density at radius 2 is 2.14 bits per heavy atom. The summed E-state index contributed by atoms with van der Waals surface area (Å²) in [4.78, 5) is 22.8. The van der Waals surface area contributed by atoms with E-state index in [1.54, 1.807) is 11.9 Å². The van der Waals surface area contributed by atoms with Crippen LogP contribution in [0.1, 0.15) is 54.6 Å². The maximum Gasteiger partial charge on any atom is 0.273 e. The summed E-state index contributed by atoms with van der Waals surface area (Å²) in [7, 11) is 1.80. The normalized spacial score (nSPS) is 14.8. The van der Waals surface area contributed by atoms with Crippen LogP contribution in [0.4, 0.5) is 5.95 Å². The molecule has 0 aliphatic heterocycles. The van der Waals surface area contributed by atoms with E-state index >= 15 is 0 Å². The molecule has 116 valence electrons. The summed E-state index contributed by atoms with van der Waals surface area (Å²) in [5.41, 5.74) is 8.21. The first-order valence-electron chi connectivity index (χ1n) is 7.92. The van der Waals surface area contributed by atoms with Gasteiger partial charge in [-0.05, 0) is 42.9 Å². The van der Waals surface area contributed by atoms with Gasteiger partial charge in [0.05, 0.1) is 5.52 Å². The largest absolute Gasteiger partial charge is 0.368 e. The molecule has 5 nitrogen and oxygen atoms in total. The van der Waals surface area contributed by atoms with Crippen molar-refractivity contribution in [1.29, 1.82) is 0 Å². The number of aromatic nitrogens is 2. The molecule has 2 N–H and O–H groups in total. The number of fused-ring (bicyclic) bond motifs is 1. The van der Waals surface area contributed by atoms with Crippen molar-refractivity contribution in [2.24, 2.45) is 0 Å². The molecular formula is C17H22N4O. The Kier molecular flexibility index (Phi) is 3.96. The summed E-state index contributed by atoms with van der Waals surface area (Å²) >= 11 is 0. The third-order valence-electron chi connectivity index (χ3n) is 4.42. The average molecular weight is 298 g/mol. The predicted molar refractivity (Wildman–Crippen MR) is 87.8 cm³/mol. The molecular weight excluding hydrogens is 276 g/mol.